The number of rotatable bonds is 6. The fourth-order valence-corrected chi connectivity index (χ4v) is 4.62. The molecule has 19 heavy (non-hydrogen) atoms. The zero-order valence-electron chi connectivity index (χ0n) is 10.1. The van der Waals surface area contributed by atoms with Crippen LogP contribution in [0.1, 0.15) is 5.56 Å². The van der Waals surface area contributed by atoms with Crippen molar-refractivity contribution in [2.45, 2.75) is 4.90 Å². The molecule has 0 fully saturated rings. The maximum Gasteiger partial charge on any atom is 0.179 e. The van der Waals surface area contributed by atoms with Crippen molar-refractivity contribution >= 4 is 19.7 Å². The summed E-state index contributed by atoms with van der Waals surface area (Å²) in [5, 5.41) is 8.61. The van der Waals surface area contributed by atoms with Gasteiger partial charge in [-0.15, -0.1) is 0 Å². The van der Waals surface area contributed by atoms with Gasteiger partial charge in [0.1, 0.15) is 0 Å². The Bertz CT molecular complexity index is 670. The molecule has 0 heterocycles. The summed E-state index contributed by atoms with van der Waals surface area (Å²) >= 11 is 0. The molecular weight excluding hydrogens is 288 g/mol. The van der Waals surface area contributed by atoms with Gasteiger partial charge in [-0.25, -0.2) is 16.8 Å². The van der Waals surface area contributed by atoms with E-state index in [9.17, 15) is 16.8 Å². The highest BCUT2D eigenvalue weighted by Crippen LogP contribution is 2.12. The molecule has 0 bridgehead atoms. The van der Waals surface area contributed by atoms with E-state index < -0.39 is 31.2 Å². The lowest BCUT2D eigenvalue weighted by molar-refractivity contribution is 0.587. The van der Waals surface area contributed by atoms with Crippen molar-refractivity contribution in [3.05, 3.63) is 29.8 Å². The molecule has 0 unspecified atom stereocenters. The Labute approximate surface area is 112 Å². The summed E-state index contributed by atoms with van der Waals surface area (Å²) in [7, 11) is -7.11. The Morgan fingerprint density at radius 3 is 2.05 bits per heavy atom. The smallest absolute Gasteiger partial charge is 0.179 e. The summed E-state index contributed by atoms with van der Waals surface area (Å²) in [6, 6.07) is 7.22. The van der Waals surface area contributed by atoms with Crippen LogP contribution in [0.5, 0.6) is 0 Å². The van der Waals surface area contributed by atoms with Crippen LogP contribution in [-0.4, -0.2) is 40.6 Å². The Hall–Kier alpha value is -1.43. The maximum absolute atomic E-state index is 11.9. The third-order valence-electron chi connectivity index (χ3n) is 2.43. The summed E-state index contributed by atoms with van der Waals surface area (Å²) in [5.74, 6) is -1.16. The van der Waals surface area contributed by atoms with Crippen LogP contribution in [0.4, 0.5) is 0 Å². The highest BCUT2D eigenvalue weighted by atomic mass is 32.2. The number of nitrogens with two attached hydrogens (primary N) is 1. The van der Waals surface area contributed by atoms with E-state index in [0.717, 1.165) is 0 Å². The topological polar surface area (TPSA) is 118 Å². The van der Waals surface area contributed by atoms with Crippen molar-refractivity contribution in [2.24, 2.45) is 5.73 Å². The number of hydrogen-bond donors (Lipinski definition) is 1. The van der Waals surface area contributed by atoms with Gasteiger partial charge < -0.3 is 5.73 Å². The van der Waals surface area contributed by atoms with Crippen molar-refractivity contribution in [1.82, 2.24) is 0 Å². The largest absolute Gasteiger partial charge is 0.329 e. The zero-order valence-corrected chi connectivity index (χ0v) is 11.7. The molecule has 0 atom stereocenters. The summed E-state index contributed by atoms with van der Waals surface area (Å²) in [5.41, 5.74) is 5.48. The lowest BCUT2D eigenvalue weighted by atomic mass is 10.2. The quantitative estimate of drug-likeness (QED) is 0.771. The Morgan fingerprint density at radius 2 is 1.58 bits per heavy atom. The zero-order chi connectivity index (χ0) is 14.5. The predicted molar refractivity (Wildman–Crippen MR) is 70.9 cm³/mol. The van der Waals surface area contributed by atoms with E-state index in [1.165, 1.54) is 24.3 Å². The van der Waals surface area contributed by atoms with Crippen LogP contribution in [-0.2, 0) is 19.7 Å². The second-order valence-corrected chi connectivity index (χ2v) is 8.31. The molecule has 0 aromatic heterocycles. The van der Waals surface area contributed by atoms with Crippen LogP contribution < -0.4 is 5.73 Å². The van der Waals surface area contributed by atoms with Crippen LogP contribution >= 0.6 is 0 Å². The number of hydrogen-bond acceptors (Lipinski definition) is 6. The lowest BCUT2D eigenvalue weighted by Gasteiger charge is -2.05. The van der Waals surface area contributed by atoms with E-state index in [2.05, 4.69) is 0 Å². The minimum Gasteiger partial charge on any atom is -0.329 e. The van der Waals surface area contributed by atoms with E-state index in [4.69, 9.17) is 11.0 Å². The normalized spacial score (nSPS) is 12.0. The molecule has 0 spiro atoms. The predicted octanol–water partition coefficient (Wildman–Crippen LogP) is -0.295. The van der Waals surface area contributed by atoms with Gasteiger partial charge in [-0.3, -0.25) is 0 Å². The van der Waals surface area contributed by atoms with Crippen molar-refractivity contribution < 1.29 is 16.8 Å². The fraction of sp³-hybridized carbons (Fsp3) is 0.364. The van der Waals surface area contributed by atoms with Gasteiger partial charge in [0.25, 0.3) is 0 Å². The number of sulfone groups is 2. The molecule has 0 aliphatic rings. The molecule has 0 aliphatic carbocycles. The van der Waals surface area contributed by atoms with Gasteiger partial charge in [0.15, 0.2) is 19.7 Å². The monoisotopic (exact) mass is 302 g/mol. The summed E-state index contributed by atoms with van der Waals surface area (Å²) in [6.07, 6.45) is 0. The molecule has 2 N–H and O–H groups in total. The molecule has 0 saturated carbocycles. The second kappa shape index (κ2) is 6.14. The van der Waals surface area contributed by atoms with Crippen LogP contribution in [0.3, 0.4) is 0 Å². The number of benzene rings is 1. The summed E-state index contributed by atoms with van der Waals surface area (Å²) in [4.78, 5) is 0.00875. The molecule has 0 aliphatic heterocycles. The van der Waals surface area contributed by atoms with E-state index in [1.54, 1.807) is 0 Å². The van der Waals surface area contributed by atoms with Gasteiger partial charge in [-0.2, -0.15) is 5.26 Å². The molecule has 0 radical (unpaired) electrons. The van der Waals surface area contributed by atoms with E-state index >= 15 is 0 Å². The minimum absolute atomic E-state index is 0.00875. The first-order valence-corrected chi connectivity index (χ1v) is 8.91. The Balaban J connectivity index is 2.85. The molecule has 1 aromatic rings. The first kappa shape index (κ1) is 15.6. The standard InChI is InChI=1S/C11H14N2O4S2/c12-5-6-18(14,15)7-8-19(16,17)11-3-1-10(9-13)2-4-11/h1-4H,5-8,12H2. The van der Waals surface area contributed by atoms with E-state index in [0.29, 0.717) is 5.56 Å². The SMILES string of the molecule is N#Cc1ccc(S(=O)(=O)CCS(=O)(=O)CCN)cc1. The van der Waals surface area contributed by atoms with Gasteiger partial charge in [0.05, 0.1) is 33.8 Å². The van der Waals surface area contributed by atoms with E-state index in [1.807, 2.05) is 6.07 Å². The third-order valence-corrected chi connectivity index (χ3v) is 6.11. The van der Waals surface area contributed by atoms with Crippen molar-refractivity contribution in [2.75, 3.05) is 23.8 Å². The molecule has 8 heteroatoms. The highest BCUT2D eigenvalue weighted by Gasteiger charge is 2.19. The first-order valence-electron chi connectivity index (χ1n) is 5.44. The molecule has 0 saturated heterocycles. The van der Waals surface area contributed by atoms with Crippen molar-refractivity contribution in [3.8, 4) is 6.07 Å². The molecule has 104 valence electrons. The molecule has 1 aromatic carbocycles. The molecular formula is C11H14N2O4S2. The Morgan fingerprint density at radius 1 is 1.00 bits per heavy atom. The van der Waals surface area contributed by atoms with Gasteiger partial charge in [-0.05, 0) is 24.3 Å². The van der Waals surface area contributed by atoms with Crippen LogP contribution in [0, 0.1) is 11.3 Å². The van der Waals surface area contributed by atoms with Gasteiger partial charge >= 0.3 is 0 Å². The number of nitrogens with zero attached hydrogens (tertiary/aromatic N) is 1. The van der Waals surface area contributed by atoms with Gasteiger partial charge in [0.2, 0.25) is 0 Å². The van der Waals surface area contributed by atoms with Crippen LogP contribution in [0.15, 0.2) is 29.2 Å². The highest BCUT2D eigenvalue weighted by molar-refractivity contribution is 7.95. The van der Waals surface area contributed by atoms with Crippen molar-refractivity contribution in [3.63, 3.8) is 0 Å². The average Bonchev–Trinajstić information content (AvgIpc) is 2.37. The molecule has 0 amide bonds. The Kier molecular flexibility index (Phi) is 5.05. The van der Waals surface area contributed by atoms with Crippen LogP contribution in [0.25, 0.3) is 0 Å². The lowest BCUT2D eigenvalue weighted by Crippen LogP contribution is -2.23. The molecule has 6 nitrogen and oxygen atoms in total. The first-order chi connectivity index (χ1) is 8.80. The van der Waals surface area contributed by atoms with E-state index in [-0.39, 0.29) is 17.2 Å². The molecule has 1 rings (SSSR count). The third kappa shape index (κ3) is 4.63. The van der Waals surface area contributed by atoms with Gasteiger partial charge in [0, 0.05) is 6.54 Å². The second-order valence-electron chi connectivity index (χ2n) is 3.90. The maximum atomic E-state index is 11.9. The van der Waals surface area contributed by atoms with Crippen LogP contribution in [0.2, 0.25) is 0 Å². The minimum atomic E-state index is -3.67. The fourth-order valence-electron chi connectivity index (χ4n) is 1.37. The summed E-state index contributed by atoms with van der Waals surface area (Å²) in [6.45, 7) is -0.0285. The number of nitriles is 1. The van der Waals surface area contributed by atoms with Crippen molar-refractivity contribution in [1.29, 1.82) is 5.26 Å². The average molecular weight is 302 g/mol. The van der Waals surface area contributed by atoms with Gasteiger partial charge in [-0.1, -0.05) is 0 Å². The summed E-state index contributed by atoms with van der Waals surface area (Å²) < 4.78 is 46.7.